The van der Waals surface area contributed by atoms with Crippen molar-refractivity contribution in [3.05, 3.63) is 24.0 Å². The average molecular weight is 312 g/mol. The number of hydrogen-bond acceptors (Lipinski definition) is 4. The van der Waals surface area contributed by atoms with Crippen LogP contribution in [0.1, 0.15) is 58.3 Å². The zero-order valence-electron chi connectivity index (χ0n) is 13.3. The Balaban J connectivity index is 2.13. The van der Waals surface area contributed by atoms with Crippen LogP contribution in [-0.2, 0) is 0 Å². The lowest BCUT2D eigenvalue weighted by Gasteiger charge is -2.09. The molecule has 1 rings (SSSR count). The van der Waals surface area contributed by atoms with Crippen LogP contribution in [0.4, 0.5) is 4.39 Å². The fraction of sp³-hybridized carbons (Fsp3) is 0.625. The largest absolute Gasteiger partial charge is 0.707 e. The molecule has 0 saturated carbocycles. The Bertz CT molecular complexity index is 415. The van der Waals surface area contributed by atoms with Crippen molar-refractivity contribution in [3.63, 3.8) is 0 Å². The van der Waals surface area contributed by atoms with Gasteiger partial charge in [0.25, 0.3) is 0 Å². The molecule has 0 atom stereocenters. The Morgan fingerprint density at radius 2 is 1.64 bits per heavy atom. The molecule has 6 heteroatoms. The average Bonchev–Trinajstić information content (AvgIpc) is 2.48. The molecule has 22 heavy (non-hydrogen) atoms. The van der Waals surface area contributed by atoms with Crippen LogP contribution in [0.2, 0.25) is 0 Å². The molecule has 0 unspecified atom stereocenters. The Kier molecular flexibility index (Phi) is 9.67. The minimum atomic E-state index is -2.03. The normalized spacial score (nSPS) is 10.5. The number of unbranched alkanes of at least 4 members (excludes halogenated alkanes) is 7. The summed E-state index contributed by atoms with van der Waals surface area (Å²) in [6, 6.07) is 4.05. The molecule has 0 spiro atoms. The van der Waals surface area contributed by atoms with Crippen LogP contribution in [0, 0.1) is 5.82 Å². The summed E-state index contributed by atoms with van der Waals surface area (Å²) >= 11 is 0. The molecule has 0 radical (unpaired) electrons. The lowest BCUT2D eigenvalue weighted by Crippen LogP contribution is -2.21. The first-order valence-corrected chi connectivity index (χ1v) is 8.08. The van der Waals surface area contributed by atoms with Crippen LogP contribution in [-0.4, -0.2) is 24.0 Å². The lowest BCUT2D eigenvalue weighted by atomic mass is 10.1. The van der Waals surface area contributed by atoms with Crippen molar-refractivity contribution in [2.75, 3.05) is 6.61 Å². The quantitative estimate of drug-likeness (QED) is 0.456. The summed E-state index contributed by atoms with van der Waals surface area (Å²) in [5, 5.41) is 17.3. The molecule has 0 amide bonds. The van der Waals surface area contributed by atoms with E-state index in [-0.39, 0.29) is 5.75 Å². The highest BCUT2D eigenvalue weighted by atomic mass is 19.1. The van der Waals surface area contributed by atoms with Crippen molar-refractivity contribution in [2.45, 2.75) is 58.3 Å². The molecule has 1 aromatic carbocycles. The summed E-state index contributed by atoms with van der Waals surface area (Å²) in [5.74, 6) is -0.476. The van der Waals surface area contributed by atoms with Crippen molar-refractivity contribution in [3.8, 4) is 11.5 Å². The summed E-state index contributed by atoms with van der Waals surface area (Å²) in [7, 11) is -2.03. The molecule has 2 N–H and O–H groups in total. The van der Waals surface area contributed by atoms with E-state index in [9.17, 15) is 4.39 Å². The van der Waals surface area contributed by atoms with Gasteiger partial charge in [0.05, 0.1) is 6.61 Å². The summed E-state index contributed by atoms with van der Waals surface area (Å²) in [6.45, 7) is 2.77. The molecule has 1 aromatic rings. The second-order valence-electron chi connectivity index (χ2n) is 5.36. The van der Waals surface area contributed by atoms with Crippen LogP contribution < -0.4 is 9.39 Å². The zero-order chi connectivity index (χ0) is 16.2. The van der Waals surface area contributed by atoms with Crippen LogP contribution >= 0.6 is 0 Å². The van der Waals surface area contributed by atoms with E-state index in [0.29, 0.717) is 12.4 Å². The maximum Gasteiger partial charge on any atom is 0.707 e. The zero-order valence-corrected chi connectivity index (χ0v) is 13.3. The number of rotatable bonds is 12. The first kappa shape index (κ1) is 18.8. The highest BCUT2D eigenvalue weighted by molar-refractivity contribution is 6.33. The van der Waals surface area contributed by atoms with Gasteiger partial charge >= 0.3 is 7.32 Å². The molecular weight excluding hydrogens is 286 g/mol. The number of halogens is 1. The van der Waals surface area contributed by atoms with Gasteiger partial charge in [0.2, 0.25) is 0 Å². The highest BCUT2D eigenvalue weighted by Gasteiger charge is 2.14. The Morgan fingerprint density at radius 3 is 2.23 bits per heavy atom. The molecule has 124 valence electrons. The van der Waals surface area contributed by atoms with Crippen molar-refractivity contribution in [2.24, 2.45) is 0 Å². The van der Waals surface area contributed by atoms with E-state index in [0.717, 1.165) is 12.8 Å². The minimum Gasteiger partial charge on any atom is -0.510 e. The number of benzene rings is 1. The van der Waals surface area contributed by atoms with E-state index < -0.39 is 13.1 Å². The molecule has 0 aliphatic carbocycles. The summed E-state index contributed by atoms with van der Waals surface area (Å²) in [6.07, 6.45) is 9.76. The second-order valence-corrected chi connectivity index (χ2v) is 5.36. The lowest BCUT2D eigenvalue weighted by molar-refractivity contribution is 0.279. The fourth-order valence-electron chi connectivity index (χ4n) is 2.21. The van der Waals surface area contributed by atoms with Crippen molar-refractivity contribution < 1.29 is 23.8 Å². The van der Waals surface area contributed by atoms with Crippen molar-refractivity contribution >= 4 is 7.32 Å². The van der Waals surface area contributed by atoms with Crippen LogP contribution in [0.3, 0.4) is 0 Å². The van der Waals surface area contributed by atoms with E-state index in [1.54, 1.807) is 6.07 Å². The topological polar surface area (TPSA) is 58.9 Å². The maximum atomic E-state index is 13.6. The van der Waals surface area contributed by atoms with Crippen LogP contribution in [0.15, 0.2) is 18.2 Å². The van der Waals surface area contributed by atoms with Crippen LogP contribution in [0.25, 0.3) is 0 Å². The summed E-state index contributed by atoms with van der Waals surface area (Å²) < 4.78 is 23.5. The third-order valence-electron chi connectivity index (χ3n) is 3.40. The van der Waals surface area contributed by atoms with Gasteiger partial charge in [-0.3, -0.25) is 0 Å². The van der Waals surface area contributed by atoms with E-state index in [2.05, 4.69) is 11.6 Å². The molecule has 0 saturated heterocycles. The standard InChI is InChI=1S/C16H26BFO4/c1-2-3-4-5-6-7-8-9-12-21-14-10-11-16(15(18)13-14)22-17(19)20/h10-11,13,19-20H,2-9,12H2,1H3. The van der Waals surface area contributed by atoms with Gasteiger partial charge in [-0.1, -0.05) is 51.9 Å². The monoisotopic (exact) mass is 312 g/mol. The third-order valence-corrected chi connectivity index (χ3v) is 3.40. The van der Waals surface area contributed by atoms with Gasteiger partial charge in [0.1, 0.15) is 11.5 Å². The number of hydrogen-bond donors (Lipinski definition) is 2. The molecule has 4 nitrogen and oxygen atoms in total. The molecule has 0 aliphatic heterocycles. The predicted octanol–water partition coefficient (Wildman–Crippen LogP) is 3.69. The third kappa shape index (κ3) is 8.24. The Hall–Kier alpha value is -1.27. The van der Waals surface area contributed by atoms with E-state index in [1.807, 2.05) is 0 Å². The maximum absolute atomic E-state index is 13.6. The first-order chi connectivity index (χ1) is 10.6. The molecule has 0 aliphatic rings. The highest BCUT2D eigenvalue weighted by Crippen LogP contribution is 2.23. The predicted molar refractivity (Wildman–Crippen MR) is 85.3 cm³/mol. The van der Waals surface area contributed by atoms with E-state index in [1.165, 1.54) is 50.7 Å². The SMILES string of the molecule is CCCCCCCCCCOc1ccc(OB(O)O)c(F)c1. The molecule has 0 heterocycles. The van der Waals surface area contributed by atoms with Gasteiger partial charge in [-0.25, -0.2) is 4.39 Å². The van der Waals surface area contributed by atoms with Crippen molar-refractivity contribution in [1.82, 2.24) is 0 Å². The second kappa shape index (κ2) is 11.3. The molecule has 0 bridgehead atoms. The van der Waals surface area contributed by atoms with Gasteiger partial charge in [0.15, 0.2) is 5.82 Å². The van der Waals surface area contributed by atoms with Crippen molar-refractivity contribution in [1.29, 1.82) is 0 Å². The molecular formula is C16H26BFO4. The van der Waals surface area contributed by atoms with E-state index >= 15 is 0 Å². The van der Waals surface area contributed by atoms with Gasteiger partial charge in [-0.15, -0.1) is 0 Å². The first-order valence-electron chi connectivity index (χ1n) is 8.08. The fourth-order valence-corrected chi connectivity index (χ4v) is 2.21. The molecule has 0 aromatic heterocycles. The smallest absolute Gasteiger partial charge is 0.510 e. The molecule has 0 fully saturated rings. The van der Waals surface area contributed by atoms with Gasteiger partial charge in [0, 0.05) is 6.07 Å². The Labute approximate surface area is 132 Å². The van der Waals surface area contributed by atoms with Gasteiger partial charge in [-0.05, 0) is 18.6 Å². The number of ether oxygens (including phenoxy) is 1. The van der Waals surface area contributed by atoms with E-state index in [4.69, 9.17) is 14.8 Å². The summed E-state index contributed by atoms with van der Waals surface area (Å²) in [4.78, 5) is 0. The van der Waals surface area contributed by atoms with Crippen LogP contribution in [0.5, 0.6) is 11.5 Å². The Morgan fingerprint density at radius 1 is 1.00 bits per heavy atom. The summed E-state index contributed by atoms with van der Waals surface area (Å²) in [5.41, 5.74) is 0. The minimum absolute atomic E-state index is 0.213. The van der Waals surface area contributed by atoms with Gasteiger partial charge < -0.3 is 19.4 Å². The van der Waals surface area contributed by atoms with Gasteiger partial charge in [-0.2, -0.15) is 0 Å².